The summed E-state index contributed by atoms with van der Waals surface area (Å²) >= 11 is 0. The topological polar surface area (TPSA) is 38.5 Å². The number of hydrogen-bond acceptors (Lipinski definition) is 3. The second kappa shape index (κ2) is 7.61. The molecule has 2 fully saturated rings. The minimum atomic E-state index is 0.398. The van der Waals surface area contributed by atoms with Gasteiger partial charge in [-0.25, -0.2) is 0 Å². The molecular formula is C16H32N2O. The summed E-state index contributed by atoms with van der Waals surface area (Å²) in [5, 5.41) is 0. The van der Waals surface area contributed by atoms with Gasteiger partial charge < -0.3 is 10.5 Å². The molecule has 2 aliphatic rings. The molecule has 0 aromatic heterocycles. The number of nitrogens with zero attached hydrogens (tertiary/aromatic N) is 1. The van der Waals surface area contributed by atoms with Crippen LogP contribution in [0.1, 0.15) is 51.9 Å². The summed E-state index contributed by atoms with van der Waals surface area (Å²) in [6.07, 6.45) is 9.24. The monoisotopic (exact) mass is 268 g/mol. The van der Waals surface area contributed by atoms with Crippen molar-refractivity contribution < 1.29 is 4.74 Å². The summed E-state index contributed by atoms with van der Waals surface area (Å²) in [5.41, 5.74) is 6.41. The number of rotatable bonds is 5. The van der Waals surface area contributed by atoms with Gasteiger partial charge in [-0.3, -0.25) is 4.90 Å². The Hall–Kier alpha value is -0.120. The Labute approximate surface area is 118 Å². The first-order valence-corrected chi connectivity index (χ1v) is 8.23. The molecule has 4 unspecified atom stereocenters. The van der Waals surface area contributed by atoms with Gasteiger partial charge in [0.15, 0.2) is 0 Å². The molecule has 3 nitrogen and oxygen atoms in total. The molecule has 1 aliphatic heterocycles. The summed E-state index contributed by atoms with van der Waals surface area (Å²) in [6.45, 7) is 5.67. The van der Waals surface area contributed by atoms with E-state index < -0.39 is 0 Å². The van der Waals surface area contributed by atoms with Crippen LogP contribution in [0.15, 0.2) is 0 Å². The fraction of sp³-hybridized carbons (Fsp3) is 1.00. The summed E-state index contributed by atoms with van der Waals surface area (Å²) in [5.74, 6) is 1.63. The van der Waals surface area contributed by atoms with Crippen molar-refractivity contribution in [3.8, 4) is 0 Å². The lowest BCUT2D eigenvalue weighted by molar-refractivity contribution is 0.0395. The van der Waals surface area contributed by atoms with Crippen molar-refractivity contribution in [2.45, 2.75) is 64.0 Å². The lowest BCUT2D eigenvalue weighted by Crippen LogP contribution is -2.54. The van der Waals surface area contributed by atoms with Crippen LogP contribution >= 0.6 is 0 Å². The summed E-state index contributed by atoms with van der Waals surface area (Å²) in [7, 11) is 1.82. The number of piperidine rings is 1. The predicted molar refractivity (Wildman–Crippen MR) is 80.2 cm³/mol. The Morgan fingerprint density at radius 2 is 2.05 bits per heavy atom. The van der Waals surface area contributed by atoms with E-state index in [1.54, 1.807) is 0 Å². The number of ether oxygens (including phenoxy) is 1. The first-order chi connectivity index (χ1) is 9.24. The summed E-state index contributed by atoms with van der Waals surface area (Å²) in [6, 6.07) is 1.03. The van der Waals surface area contributed by atoms with E-state index in [1.165, 1.54) is 58.0 Å². The molecule has 1 saturated carbocycles. The van der Waals surface area contributed by atoms with E-state index in [0.717, 1.165) is 18.4 Å². The number of hydrogen-bond donors (Lipinski definition) is 1. The standard InChI is InChI=1S/C16H32N2O/c1-3-5-13-7-8-15(17)16(10-13)18-9-4-6-14(11-18)12-19-2/h13-16H,3-12,17H2,1-2H3. The minimum Gasteiger partial charge on any atom is -0.384 e. The zero-order valence-electron chi connectivity index (χ0n) is 12.8. The lowest BCUT2D eigenvalue weighted by Gasteiger charge is -2.44. The first-order valence-electron chi connectivity index (χ1n) is 8.23. The SMILES string of the molecule is CCCC1CCC(N)C(N2CCCC(COC)C2)C1. The molecule has 1 aliphatic carbocycles. The van der Waals surface area contributed by atoms with Gasteiger partial charge in [0.05, 0.1) is 6.61 Å². The molecule has 112 valence electrons. The molecule has 0 aromatic rings. The van der Waals surface area contributed by atoms with Crippen molar-refractivity contribution in [1.82, 2.24) is 4.90 Å². The van der Waals surface area contributed by atoms with Crippen LogP contribution in [0.4, 0.5) is 0 Å². The maximum absolute atomic E-state index is 6.41. The van der Waals surface area contributed by atoms with Gasteiger partial charge in [0, 0.05) is 25.7 Å². The molecule has 4 atom stereocenters. The maximum atomic E-state index is 6.41. The highest BCUT2D eigenvalue weighted by Crippen LogP contribution is 2.32. The lowest BCUT2D eigenvalue weighted by atomic mass is 9.79. The van der Waals surface area contributed by atoms with E-state index >= 15 is 0 Å². The fourth-order valence-electron chi connectivity index (χ4n) is 4.12. The predicted octanol–water partition coefficient (Wildman–Crippen LogP) is 2.64. The van der Waals surface area contributed by atoms with Crippen molar-refractivity contribution in [2.24, 2.45) is 17.6 Å². The van der Waals surface area contributed by atoms with Gasteiger partial charge in [-0.15, -0.1) is 0 Å². The van der Waals surface area contributed by atoms with Crippen molar-refractivity contribution in [2.75, 3.05) is 26.8 Å². The highest BCUT2D eigenvalue weighted by molar-refractivity contribution is 4.91. The van der Waals surface area contributed by atoms with Crippen LogP contribution in [0.25, 0.3) is 0 Å². The molecule has 3 heteroatoms. The molecule has 1 heterocycles. The van der Waals surface area contributed by atoms with Crippen molar-refractivity contribution in [3.05, 3.63) is 0 Å². The van der Waals surface area contributed by atoms with Crippen LogP contribution in [-0.2, 0) is 4.74 Å². The molecule has 1 saturated heterocycles. The van der Waals surface area contributed by atoms with Gasteiger partial charge >= 0.3 is 0 Å². The molecule has 2 N–H and O–H groups in total. The quantitative estimate of drug-likeness (QED) is 0.833. The van der Waals surface area contributed by atoms with Gasteiger partial charge in [-0.05, 0) is 50.5 Å². The van der Waals surface area contributed by atoms with Crippen LogP contribution in [0.3, 0.4) is 0 Å². The van der Waals surface area contributed by atoms with Crippen LogP contribution < -0.4 is 5.73 Å². The second-order valence-corrected chi connectivity index (χ2v) is 6.66. The number of methoxy groups -OCH3 is 1. The third-order valence-electron chi connectivity index (χ3n) is 5.10. The third-order valence-corrected chi connectivity index (χ3v) is 5.10. The highest BCUT2D eigenvalue weighted by Gasteiger charge is 2.34. The zero-order chi connectivity index (χ0) is 13.7. The average molecular weight is 268 g/mol. The van der Waals surface area contributed by atoms with Crippen molar-refractivity contribution in [1.29, 1.82) is 0 Å². The molecule has 2 rings (SSSR count). The minimum absolute atomic E-state index is 0.398. The van der Waals surface area contributed by atoms with Gasteiger partial charge in [0.2, 0.25) is 0 Å². The number of likely N-dealkylation sites (tertiary alicyclic amines) is 1. The van der Waals surface area contributed by atoms with Gasteiger partial charge in [0.25, 0.3) is 0 Å². The molecule has 0 bridgehead atoms. The normalized spacial score (nSPS) is 37.4. The van der Waals surface area contributed by atoms with Gasteiger partial charge in [0.1, 0.15) is 0 Å². The van der Waals surface area contributed by atoms with E-state index in [0.29, 0.717) is 12.1 Å². The number of nitrogens with two attached hydrogens (primary N) is 1. The van der Waals surface area contributed by atoms with Crippen molar-refractivity contribution >= 4 is 0 Å². The summed E-state index contributed by atoms with van der Waals surface area (Å²) < 4.78 is 5.35. The molecule has 0 radical (unpaired) electrons. The zero-order valence-corrected chi connectivity index (χ0v) is 12.8. The van der Waals surface area contributed by atoms with Crippen LogP contribution in [0.2, 0.25) is 0 Å². The van der Waals surface area contributed by atoms with E-state index in [-0.39, 0.29) is 0 Å². The Morgan fingerprint density at radius 3 is 2.79 bits per heavy atom. The first kappa shape index (κ1) is 15.3. The molecule has 0 spiro atoms. The van der Waals surface area contributed by atoms with Crippen LogP contribution in [-0.4, -0.2) is 43.8 Å². The second-order valence-electron chi connectivity index (χ2n) is 6.66. The molecule has 0 amide bonds. The Kier molecular flexibility index (Phi) is 6.11. The maximum Gasteiger partial charge on any atom is 0.0502 e. The Morgan fingerprint density at radius 1 is 1.21 bits per heavy atom. The largest absolute Gasteiger partial charge is 0.384 e. The van der Waals surface area contributed by atoms with E-state index in [4.69, 9.17) is 10.5 Å². The average Bonchev–Trinajstić information content (AvgIpc) is 2.42. The van der Waals surface area contributed by atoms with Crippen molar-refractivity contribution in [3.63, 3.8) is 0 Å². The van der Waals surface area contributed by atoms with Gasteiger partial charge in [-0.1, -0.05) is 19.8 Å². The highest BCUT2D eigenvalue weighted by atomic mass is 16.5. The third kappa shape index (κ3) is 4.17. The van der Waals surface area contributed by atoms with Crippen LogP contribution in [0.5, 0.6) is 0 Å². The van der Waals surface area contributed by atoms with E-state index in [2.05, 4.69) is 11.8 Å². The van der Waals surface area contributed by atoms with Crippen LogP contribution in [0, 0.1) is 11.8 Å². The Balaban J connectivity index is 1.90. The molecular weight excluding hydrogens is 236 g/mol. The van der Waals surface area contributed by atoms with E-state index in [9.17, 15) is 0 Å². The Bertz CT molecular complexity index is 257. The summed E-state index contributed by atoms with van der Waals surface area (Å²) in [4.78, 5) is 2.68. The smallest absolute Gasteiger partial charge is 0.0502 e. The van der Waals surface area contributed by atoms with E-state index in [1.807, 2.05) is 7.11 Å². The van der Waals surface area contributed by atoms with Gasteiger partial charge in [-0.2, -0.15) is 0 Å². The fourth-order valence-corrected chi connectivity index (χ4v) is 4.12. The molecule has 19 heavy (non-hydrogen) atoms. The molecule has 0 aromatic carbocycles.